The highest BCUT2D eigenvalue weighted by Crippen LogP contribution is 2.32. The number of ether oxygens (including phenoxy) is 4. The molecule has 1 N–H and O–H groups in total. The van der Waals surface area contributed by atoms with E-state index in [1.165, 1.54) is 0 Å². The minimum absolute atomic E-state index is 0.0258. The fraction of sp³-hybridized carbons (Fsp3) is 0.458. The molecule has 168 valence electrons. The van der Waals surface area contributed by atoms with Gasteiger partial charge in [0.2, 0.25) is 5.91 Å². The van der Waals surface area contributed by atoms with Gasteiger partial charge in [-0.3, -0.25) is 9.69 Å². The van der Waals surface area contributed by atoms with Gasteiger partial charge < -0.3 is 24.3 Å². The van der Waals surface area contributed by atoms with E-state index in [2.05, 4.69) is 10.2 Å². The Morgan fingerprint density at radius 2 is 1.87 bits per heavy atom. The van der Waals surface area contributed by atoms with Crippen LogP contribution >= 0.6 is 0 Å². The summed E-state index contributed by atoms with van der Waals surface area (Å²) in [5.74, 6) is 2.87. The zero-order valence-corrected chi connectivity index (χ0v) is 18.8. The molecule has 0 fully saturated rings. The molecule has 1 aliphatic rings. The van der Waals surface area contributed by atoms with Crippen LogP contribution in [0, 0.1) is 0 Å². The van der Waals surface area contributed by atoms with Gasteiger partial charge in [0, 0.05) is 6.54 Å². The van der Waals surface area contributed by atoms with Crippen molar-refractivity contribution < 1.29 is 23.7 Å². The first-order chi connectivity index (χ1) is 15.0. The highest BCUT2D eigenvalue weighted by Gasteiger charge is 2.17. The van der Waals surface area contributed by atoms with E-state index >= 15 is 0 Å². The van der Waals surface area contributed by atoms with Crippen LogP contribution in [0.15, 0.2) is 36.4 Å². The molecule has 2 aromatic rings. The monoisotopic (exact) mass is 428 g/mol. The average molecular weight is 429 g/mol. The quantitative estimate of drug-likeness (QED) is 0.624. The lowest BCUT2D eigenvalue weighted by Gasteiger charge is -2.23. The lowest BCUT2D eigenvalue weighted by Crippen LogP contribution is -2.38. The van der Waals surface area contributed by atoms with Gasteiger partial charge in [-0.25, -0.2) is 0 Å². The number of rotatable bonds is 10. The van der Waals surface area contributed by atoms with E-state index in [1.54, 1.807) is 7.11 Å². The number of carbonyl (C=O) groups is 1. The normalized spacial score (nSPS) is 13.6. The Balaban J connectivity index is 1.58. The highest BCUT2D eigenvalue weighted by atomic mass is 16.6. The molecule has 0 bridgehead atoms. The van der Waals surface area contributed by atoms with Crippen LogP contribution in [0.3, 0.4) is 0 Å². The fourth-order valence-electron chi connectivity index (χ4n) is 3.53. The number of nitrogens with zero attached hydrogens (tertiary/aromatic N) is 1. The largest absolute Gasteiger partial charge is 0.493 e. The second kappa shape index (κ2) is 10.9. The Hall–Kier alpha value is -2.93. The lowest BCUT2D eigenvalue weighted by atomic mass is 10.1. The second-order valence-corrected chi connectivity index (χ2v) is 7.41. The summed E-state index contributed by atoms with van der Waals surface area (Å²) in [6, 6.07) is 11.5. The maximum Gasteiger partial charge on any atom is 0.234 e. The number of fused-ring (bicyclic) bond motifs is 1. The van der Waals surface area contributed by atoms with Gasteiger partial charge in [0.15, 0.2) is 23.0 Å². The first-order valence-corrected chi connectivity index (χ1v) is 10.7. The number of nitrogens with one attached hydrogen (secondary N) is 1. The van der Waals surface area contributed by atoms with E-state index in [1.807, 2.05) is 57.2 Å². The van der Waals surface area contributed by atoms with Crippen LogP contribution in [-0.4, -0.2) is 50.8 Å². The van der Waals surface area contributed by atoms with Crippen LogP contribution in [0.4, 0.5) is 0 Å². The highest BCUT2D eigenvalue weighted by molar-refractivity contribution is 5.78. The Morgan fingerprint density at radius 1 is 1.10 bits per heavy atom. The summed E-state index contributed by atoms with van der Waals surface area (Å²) in [5, 5.41) is 3.08. The summed E-state index contributed by atoms with van der Waals surface area (Å²) in [6.45, 7) is 9.34. The van der Waals surface area contributed by atoms with E-state index < -0.39 is 0 Å². The Labute approximate surface area is 184 Å². The summed E-state index contributed by atoms with van der Waals surface area (Å²) in [5.41, 5.74) is 2.05. The van der Waals surface area contributed by atoms with Crippen molar-refractivity contribution in [3.8, 4) is 23.0 Å². The van der Waals surface area contributed by atoms with Crippen molar-refractivity contribution >= 4 is 5.91 Å². The Bertz CT molecular complexity index is 886. The first-order valence-electron chi connectivity index (χ1n) is 10.7. The van der Waals surface area contributed by atoms with E-state index in [0.717, 1.165) is 34.9 Å². The van der Waals surface area contributed by atoms with Crippen molar-refractivity contribution in [2.45, 2.75) is 33.4 Å². The van der Waals surface area contributed by atoms with Crippen LogP contribution in [0.2, 0.25) is 0 Å². The second-order valence-electron chi connectivity index (χ2n) is 7.41. The number of likely N-dealkylation sites (N-methyl/N-ethyl adjacent to an activating group) is 1. The molecule has 3 rings (SSSR count). The third-order valence-electron chi connectivity index (χ3n) is 5.19. The van der Waals surface area contributed by atoms with E-state index in [0.29, 0.717) is 38.7 Å². The van der Waals surface area contributed by atoms with Crippen LogP contribution < -0.4 is 24.3 Å². The zero-order chi connectivity index (χ0) is 22.2. The van der Waals surface area contributed by atoms with Crippen LogP contribution in [-0.2, 0) is 11.3 Å². The molecule has 7 nitrogen and oxygen atoms in total. The molecule has 0 aromatic heterocycles. The lowest BCUT2D eigenvalue weighted by molar-refractivity contribution is -0.123. The molecule has 0 aliphatic carbocycles. The molecule has 0 spiro atoms. The zero-order valence-electron chi connectivity index (χ0n) is 18.8. The minimum atomic E-state index is -0.132. The fourth-order valence-corrected chi connectivity index (χ4v) is 3.53. The number of methoxy groups -OCH3 is 1. The molecular weight excluding hydrogens is 396 g/mol. The summed E-state index contributed by atoms with van der Waals surface area (Å²) >= 11 is 0. The average Bonchev–Trinajstić information content (AvgIpc) is 2.79. The van der Waals surface area contributed by atoms with Crippen molar-refractivity contribution in [1.82, 2.24) is 10.2 Å². The van der Waals surface area contributed by atoms with Crippen molar-refractivity contribution in [3.63, 3.8) is 0 Å². The molecule has 31 heavy (non-hydrogen) atoms. The number of hydrogen-bond acceptors (Lipinski definition) is 6. The third kappa shape index (κ3) is 6.04. The standard InChI is InChI=1S/C24H32N2O5/c1-5-26(15-18-7-9-20(29-6-2)22(13-18)28-4)16-24(27)25-17(3)19-8-10-21-23(14-19)31-12-11-30-21/h7-10,13-14,17H,5-6,11-12,15-16H2,1-4H3,(H,25,27). The van der Waals surface area contributed by atoms with Crippen LogP contribution in [0.5, 0.6) is 23.0 Å². The number of carbonyl (C=O) groups excluding carboxylic acids is 1. The number of amides is 1. The topological polar surface area (TPSA) is 69.3 Å². The van der Waals surface area contributed by atoms with Crippen molar-refractivity contribution in [3.05, 3.63) is 47.5 Å². The summed E-state index contributed by atoms with van der Waals surface area (Å²) in [6.07, 6.45) is 0. The minimum Gasteiger partial charge on any atom is -0.493 e. The number of hydrogen-bond donors (Lipinski definition) is 1. The SMILES string of the molecule is CCOc1ccc(CN(CC)CC(=O)NC(C)c2ccc3c(c2)OCCO3)cc1OC. The van der Waals surface area contributed by atoms with Gasteiger partial charge in [0.05, 0.1) is 26.3 Å². The van der Waals surface area contributed by atoms with Crippen molar-refractivity contribution in [2.75, 3.05) is 40.0 Å². The van der Waals surface area contributed by atoms with E-state index in [-0.39, 0.29) is 11.9 Å². The molecule has 1 unspecified atom stereocenters. The first kappa shape index (κ1) is 22.7. The van der Waals surface area contributed by atoms with Crippen molar-refractivity contribution in [2.24, 2.45) is 0 Å². The summed E-state index contributed by atoms with van der Waals surface area (Å²) in [7, 11) is 1.63. The third-order valence-corrected chi connectivity index (χ3v) is 5.19. The Morgan fingerprint density at radius 3 is 2.58 bits per heavy atom. The maximum absolute atomic E-state index is 12.7. The molecule has 1 aliphatic heterocycles. The molecule has 1 atom stereocenters. The van der Waals surface area contributed by atoms with Gasteiger partial charge in [-0.1, -0.05) is 19.1 Å². The molecular formula is C24H32N2O5. The van der Waals surface area contributed by atoms with Crippen molar-refractivity contribution in [1.29, 1.82) is 0 Å². The Kier molecular flexibility index (Phi) is 8.00. The molecule has 2 aromatic carbocycles. The van der Waals surface area contributed by atoms with E-state index in [9.17, 15) is 4.79 Å². The van der Waals surface area contributed by atoms with Gasteiger partial charge in [0.1, 0.15) is 13.2 Å². The van der Waals surface area contributed by atoms with Gasteiger partial charge in [-0.15, -0.1) is 0 Å². The molecule has 0 radical (unpaired) electrons. The van der Waals surface area contributed by atoms with E-state index in [4.69, 9.17) is 18.9 Å². The predicted molar refractivity (Wildman–Crippen MR) is 119 cm³/mol. The summed E-state index contributed by atoms with van der Waals surface area (Å²) < 4.78 is 22.2. The van der Waals surface area contributed by atoms with Crippen LogP contribution in [0.1, 0.15) is 37.9 Å². The van der Waals surface area contributed by atoms with Gasteiger partial charge in [0.25, 0.3) is 0 Å². The molecule has 0 saturated carbocycles. The summed E-state index contributed by atoms with van der Waals surface area (Å²) in [4.78, 5) is 14.8. The maximum atomic E-state index is 12.7. The molecule has 0 saturated heterocycles. The van der Waals surface area contributed by atoms with Gasteiger partial charge in [-0.05, 0) is 55.8 Å². The predicted octanol–water partition coefficient (Wildman–Crippen LogP) is 3.56. The van der Waals surface area contributed by atoms with Crippen LogP contribution in [0.25, 0.3) is 0 Å². The molecule has 7 heteroatoms. The smallest absolute Gasteiger partial charge is 0.234 e. The van der Waals surface area contributed by atoms with Gasteiger partial charge in [-0.2, -0.15) is 0 Å². The molecule has 1 heterocycles. The molecule has 1 amide bonds. The number of benzene rings is 2. The van der Waals surface area contributed by atoms with Gasteiger partial charge >= 0.3 is 0 Å².